The summed E-state index contributed by atoms with van der Waals surface area (Å²) in [7, 11) is 0. The molecule has 0 saturated carbocycles. The predicted octanol–water partition coefficient (Wildman–Crippen LogP) is 4.79. The number of hydrogen-bond acceptors (Lipinski definition) is 1. The average molecular weight is 293 g/mol. The third-order valence-corrected chi connectivity index (χ3v) is 3.54. The number of para-hydroxylation sites is 1. The summed E-state index contributed by atoms with van der Waals surface area (Å²) >= 11 is 11.2. The normalized spacial score (nSPS) is 11.1. The molecule has 1 aromatic heterocycles. The largest absolute Gasteiger partial charge is 0.330 e. The van der Waals surface area contributed by atoms with Crippen LogP contribution in [0.2, 0.25) is 5.02 Å². The molecule has 0 aliphatic heterocycles. The van der Waals surface area contributed by atoms with E-state index in [9.17, 15) is 4.39 Å². The molecule has 0 radical (unpaired) electrons. The Balaban J connectivity index is 2.39. The molecule has 0 saturated heterocycles. The summed E-state index contributed by atoms with van der Waals surface area (Å²) in [4.78, 5) is 3.14. The highest BCUT2D eigenvalue weighted by atomic mass is 35.5. The molecule has 5 heteroatoms. The van der Waals surface area contributed by atoms with Crippen LogP contribution in [0.15, 0.2) is 36.4 Å². The molecule has 1 N–H and O–H groups in total. The summed E-state index contributed by atoms with van der Waals surface area (Å²) in [5.74, 6) is -0.383. The maximum atomic E-state index is 13.5. The van der Waals surface area contributed by atoms with Gasteiger partial charge in [0.1, 0.15) is 5.82 Å². The van der Waals surface area contributed by atoms with Crippen molar-refractivity contribution in [1.29, 1.82) is 0 Å². The molecule has 0 spiro atoms. The lowest BCUT2D eigenvalue weighted by molar-refractivity contribution is 0.627. The van der Waals surface area contributed by atoms with E-state index < -0.39 is 0 Å². The fourth-order valence-electron chi connectivity index (χ4n) is 2.20. The number of halogens is 2. The van der Waals surface area contributed by atoms with Crippen molar-refractivity contribution in [3.05, 3.63) is 57.6 Å². The summed E-state index contributed by atoms with van der Waals surface area (Å²) < 4.78 is 15.8. The number of nitrogens with one attached hydrogen (secondary N) is 1. The topological polar surface area (TPSA) is 20.7 Å². The first kappa shape index (κ1) is 12.4. The van der Waals surface area contributed by atoms with Gasteiger partial charge in [-0.15, -0.1) is 0 Å². The summed E-state index contributed by atoms with van der Waals surface area (Å²) in [6.45, 7) is 2.00. The Morgan fingerprint density at radius 2 is 2.05 bits per heavy atom. The van der Waals surface area contributed by atoms with Crippen LogP contribution in [0.25, 0.3) is 16.7 Å². The van der Waals surface area contributed by atoms with Crippen molar-refractivity contribution < 1.29 is 4.39 Å². The molecule has 3 aromatic rings. The minimum absolute atomic E-state index is 0.346. The Labute approximate surface area is 119 Å². The first-order chi connectivity index (χ1) is 9.06. The van der Waals surface area contributed by atoms with Gasteiger partial charge in [0.2, 0.25) is 0 Å². The van der Waals surface area contributed by atoms with Gasteiger partial charge in [0.15, 0.2) is 4.77 Å². The minimum Gasteiger partial charge on any atom is -0.330 e. The van der Waals surface area contributed by atoms with Gasteiger partial charge in [-0.25, -0.2) is 4.39 Å². The van der Waals surface area contributed by atoms with E-state index in [-0.39, 0.29) is 5.82 Å². The molecule has 0 amide bonds. The van der Waals surface area contributed by atoms with Crippen molar-refractivity contribution in [3.63, 3.8) is 0 Å². The summed E-state index contributed by atoms with van der Waals surface area (Å²) in [5.41, 5.74) is 3.57. The molecular weight excluding hydrogens is 283 g/mol. The minimum atomic E-state index is -0.383. The standard InChI is InChI=1S/C14H10ClFN2S/c1-8-3-2-4-12-13(8)17-14(19)18(12)11-6-9(15)5-10(16)7-11/h2-7H,1H3,(H,17,19). The summed E-state index contributed by atoms with van der Waals surface area (Å²) in [5, 5.41) is 0.346. The molecule has 19 heavy (non-hydrogen) atoms. The monoisotopic (exact) mass is 292 g/mol. The van der Waals surface area contributed by atoms with Gasteiger partial charge < -0.3 is 4.98 Å². The molecule has 2 aromatic carbocycles. The first-order valence-electron chi connectivity index (χ1n) is 5.73. The van der Waals surface area contributed by atoms with Gasteiger partial charge in [0, 0.05) is 5.02 Å². The Hall–Kier alpha value is -1.65. The zero-order chi connectivity index (χ0) is 13.6. The molecule has 2 nitrogen and oxygen atoms in total. The van der Waals surface area contributed by atoms with E-state index in [2.05, 4.69) is 4.98 Å². The van der Waals surface area contributed by atoms with Gasteiger partial charge in [-0.05, 0) is 49.0 Å². The molecular formula is C14H10ClFN2S. The molecule has 3 rings (SSSR count). The van der Waals surface area contributed by atoms with E-state index in [1.54, 1.807) is 10.6 Å². The van der Waals surface area contributed by atoms with E-state index >= 15 is 0 Å². The Bertz CT molecular complexity index is 815. The fourth-order valence-corrected chi connectivity index (χ4v) is 2.72. The first-order valence-corrected chi connectivity index (χ1v) is 6.52. The second-order valence-electron chi connectivity index (χ2n) is 4.36. The summed E-state index contributed by atoms with van der Waals surface area (Å²) in [6.07, 6.45) is 0. The highest BCUT2D eigenvalue weighted by molar-refractivity contribution is 7.71. The second kappa shape index (κ2) is 4.47. The van der Waals surface area contributed by atoms with Crippen LogP contribution < -0.4 is 0 Å². The molecule has 0 bridgehead atoms. The fraction of sp³-hybridized carbons (Fsp3) is 0.0714. The lowest BCUT2D eigenvalue weighted by atomic mass is 10.2. The molecule has 0 aliphatic rings. The quantitative estimate of drug-likeness (QED) is 0.640. The van der Waals surface area contributed by atoms with Crippen LogP contribution in [0.1, 0.15) is 5.56 Å². The van der Waals surface area contributed by atoms with Crippen molar-refractivity contribution in [3.8, 4) is 5.69 Å². The second-order valence-corrected chi connectivity index (χ2v) is 5.19. The number of imidazole rings is 1. The van der Waals surface area contributed by atoms with Crippen LogP contribution in [0.4, 0.5) is 4.39 Å². The van der Waals surface area contributed by atoms with Gasteiger partial charge in [0.25, 0.3) is 0 Å². The van der Waals surface area contributed by atoms with Crippen LogP contribution in [0, 0.1) is 17.5 Å². The Morgan fingerprint density at radius 3 is 2.79 bits per heavy atom. The predicted molar refractivity (Wildman–Crippen MR) is 78.2 cm³/mol. The van der Waals surface area contributed by atoms with Crippen LogP contribution in [0.5, 0.6) is 0 Å². The van der Waals surface area contributed by atoms with Crippen LogP contribution in [-0.2, 0) is 0 Å². The molecule has 0 aliphatic carbocycles. The number of aryl methyl sites for hydroxylation is 1. The highest BCUT2D eigenvalue weighted by Crippen LogP contribution is 2.24. The zero-order valence-corrected chi connectivity index (χ0v) is 11.6. The van der Waals surface area contributed by atoms with Gasteiger partial charge in [0.05, 0.1) is 16.7 Å². The third-order valence-electron chi connectivity index (χ3n) is 3.03. The number of nitrogens with zero attached hydrogens (tertiary/aromatic N) is 1. The lowest BCUT2D eigenvalue weighted by Gasteiger charge is -2.06. The van der Waals surface area contributed by atoms with E-state index in [1.807, 2.05) is 25.1 Å². The van der Waals surface area contributed by atoms with Gasteiger partial charge in [-0.3, -0.25) is 4.57 Å². The maximum absolute atomic E-state index is 13.5. The molecule has 0 unspecified atom stereocenters. The molecule has 0 fully saturated rings. The number of benzene rings is 2. The molecule has 0 atom stereocenters. The van der Waals surface area contributed by atoms with Crippen molar-refractivity contribution >= 4 is 34.9 Å². The molecule has 96 valence electrons. The van der Waals surface area contributed by atoms with Crippen LogP contribution in [-0.4, -0.2) is 9.55 Å². The number of aromatic amines is 1. The highest BCUT2D eigenvalue weighted by Gasteiger charge is 2.09. The Morgan fingerprint density at radius 1 is 1.26 bits per heavy atom. The summed E-state index contributed by atoms with van der Waals surface area (Å²) in [6, 6.07) is 10.3. The number of H-pyrrole nitrogens is 1. The van der Waals surface area contributed by atoms with E-state index in [0.29, 0.717) is 15.5 Å². The van der Waals surface area contributed by atoms with Crippen molar-refractivity contribution in [2.75, 3.05) is 0 Å². The Kier molecular flexibility index (Phi) is 2.92. The van der Waals surface area contributed by atoms with E-state index in [4.69, 9.17) is 23.8 Å². The van der Waals surface area contributed by atoms with E-state index in [1.165, 1.54) is 12.1 Å². The van der Waals surface area contributed by atoms with Crippen molar-refractivity contribution in [2.24, 2.45) is 0 Å². The molecule has 1 heterocycles. The van der Waals surface area contributed by atoms with Gasteiger partial charge in [-0.1, -0.05) is 23.7 Å². The SMILES string of the molecule is Cc1cccc2c1[nH]c(=S)n2-c1cc(F)cc(Cl)c1. The van der Waals surface area contributed by atoms with Gasteiger partial charge >= 0.3 is 0 Å². The number of aromatic nitrogens is 2. The van der Waals surface area contributed by atoms with Crippen LogP contribution in [0.3, 0.4) is 0 Å². The smallest absolute Gasteiger partial charge is 0.182 e. The van der Waals surface area contributed by atoms with Gasteiger partial charge in [-0.2, -0.15) is 0 Å². The average Bonchev–Trinajstić information content (AvgIpc) is 2.65. The third kappa shape index (κ3) is 2.07. The van der Waals surface area contributed by atoms with Crippen LogP contribution >= 0.6 is 23.8 Å². The lowest BCUT2D eigenvalue weighted by Crippen LogP contribution is -1.95. The maximum Gasteiger partial charge on any atom is 0.182 e. The zero-order valence-electron chi connectivity index (χ0n) is 10.1. The number of rotatable bonds is 1. The number of hydrogen-bond donors (Lipinski definition) is 1. The van der Waals surface area contributed by atoms with Crippen molar-refractivity contribution in [2.45, 2.75) is 6.92 Å². The van der Waals surface area contributed by atoms with Crippen molar-refractivity contribution in [1.82, 2.24) is 9.55 Å². The number of fused-ring (bicyclic) bond motifs is 1. The van der Waals surface area contributed by atoms with E-state index in [0.717, 1.165) is 16.6 Å².